The van der Waals surface area contributed by atoms with E-state index in [0.717, 1.165) is 11.1 Å². The van der Waals surface area contributed by atoms with Gasteiger partial charge in [0.25, 0.3) is 0 Å². The molecule has 1 aliphatic heterocycles. The number of hydrogen-bond donors (Lipinski definition) is 2. The summed E-state index contributed by atoms with van der Waals surface area (Å²) >= 11 is 0. The molecule has 0 aliphatic carbocycles. The van der Waals surface area contributed by atoms with E-state index in [1.807, 2.05) is 30.3 Å². The predicted molar refractivity (Wildman–Crippen MR) is 103 cm³/mol. The summed E-state index contributed by atoms with van der Waals surface area (Å²) in [4.78, 5) is 9.14. The van der Waals surface area contributed by atoms with E-state index in [2.05, 4.69) is 10.5 Å². The standard InChI is InChI=1S/C22H18F2N2O2/c23-22(24,19-12-10-18(11-13-19)21-25-14-26-28-21)20(27)17-8-6-16(7-9-17)15-4-2-1-3-5-15/h1-14,20-21,27H,(H,25,26). The molecular weight excluding hydrogens is 362 g/mol. The molecule has 1 heterocycles. The van der Waals surface area contributed by atoms with Crippen LogP contribution in [0.1, 0.15) is 29.0 Å². The van der Waals surface area contributed by atoms with Gasteiger partial charge in [-0.1, -0.05) is 78.9 Å². The van der Waals surface area contributed by atoms with Gasteiger partial charge in [-0.05, 0) is 16.7 Å². The molecule has 3 aromatic carbocycles. The molecule has 142 valence electrons. The lowest BCUT2D eigenvalue weighted by atomic mass is 9.95. The van der Waals surface area contributed by atoms with Crippen molar-refractivity contribution in [1.82, 2.24) is 5.48 Å². The number of aliphatic hydroxyl groups excluding tert-OH is 1. The molecule has 1 aliphatic rings. The van der Waals surface area contributed by atoms with Gasteiger partial charge in [0.1, 0.15) is 12.4 Å². The number of alkyl halides is 2. The van der Waals surface area contributed by atoms with Crippen LogP contribution in [0.5, 0.6) is 0 Å². The number of nitrogens with one attached hydrogen (secondary N) is 1. The zero-order valence-electron chi connectivity index (χ0n) is 14.8. The summed E-state index contributed by atoms with van der Waals surface area (Å²) < 4.78 is 29.7. The third-order valence-corrected chi connectivity index (χ3v) is 4.70. The number of aliphatic hydroxyl groups is 1. The van der Waals surface area contributed by atoms with Crippen LogP contribution in [0.4, 0.5) is 8.78 Å². The van der Waals surface area contributed by atoms with Gasteiger partial charge < -0.3 is 5.11 Å². The van der Waals surface area contributed by atoms with E-state index < -0.39 is 18.3 Å². The zero-order valence-corrected chi connectivity index (χ0v) is 14.8. The van der Waals surface area contributed by atoms with Gasteiger partial charge in [-0.2, -0.15) is 8.78 Å². The van der Waals surface area contributed by atoms with Gasteiger partial charge in [-0.3, -0.25) is 5.48 Å². The third-order valence-electron chi connectivity index (χ3n) is 4.70. The monoisotopic (exact) mass is 380 g/mol. The maximum atomic E-state index is 14.8. The summed E-state index contributed by atoms with van der Waals surface area (Å²) in [6.07, 6.45) is -1.11. The SMILES string of the molecule is OC(c1ccc(-c2ccccc2)cc1)C(F)(F)c1ccc(C2N=CNO2)cc1. The molecule has 2 N–H and O–H groups in total. The summed E-state index contributed by atoms with van der Waals surface area (Å²) in [6, 6.07) is 21.7. The van der Waals surface area contributed by atoms with Crippen LogP contribution in [0, 0.1) is 0 Å². The first-order chi connectivity index (χ1) is 13.6. The van der Waals surface area contributed by atoms with E-state index in [-0.39, 0.29) is 11.1 Å². The maximum Gasteiger partial charge on any atom is 0.302 e. The first-order valence-corrected chi connectivity index (χ1v) is 8.80. The molecule has 6 heteroatoms. The minimum absolute atomic E-state index is 0.154. The Hall–Kier alpha value is -3.09. The molecule has 2 atom stereocenters. The molecule has 0 fully saturated rings. The first kappa shape index (κ1) is 18.3. The molecule has 0 amide bonds. The number of hydroxylamine groups is 1. The van der Waals surface area contributed by atoms with Gasteiger partial charge >= 0.3 is 5.92 Å². The number of hydrogen-bond acceptors (Lipinski definition) is 4. The lowest BCUT2D eigenvalue weighted by Crippen LogP contribution is -2.23. The van der Waals surface area contributed by atoms with Crippen molar-refractivity contribution in [2.75, 3.05) is 0 Å². The lowest BCUT2D eigenvalue weighted by molar-refractivity contribution is -0.117. The summed E-state index contributed by atoms with van der Waals surface area (Å²) in [5, 5.41) is 10.3. The Balaban J connectivity index is 1.54. The van der Waals surface area contributed by atoms with Crippen molar-refractivity contribution >= 4 is 6.34 Å². The van der Waals surface area contributed by atoms with Gasteiger partial charge in [0.15, 0.2) is 0 Å². The van der Waals surface area contributed by atoms with Gasteiger partial charge in [0.05, 0.1) is 0 Å². The molecule has 4 nitrogen and oxygen atoms in total. The second kappa shape index (κ2) is 7.50. The van der Waals surface area contributed by atoms with Crippen LogP contribution in [-0.4, -0.2) is 11.4 Å². The van der Waals surface area contributed by atoms with Crippen molar-refractivity contribution in [3.63, 3.8) is 0 Å². The highest BCUT2D eigenvalue weighted by Gasteiger charge is 2.41. The number of rotatable bonds is 5. The second-order valence-corrected chi connectivity index (χ2v) is 6.50. The smallest absolute Gasteiger partial charge is 0.302 e. The molecule has 0 bridgehead atoms. The Morgan fingerprint density at radius 3 is 2.14 bits per heavy atom. The molecule has 4 rings (SSSR count). The Bertz CT molecular complexity index is 958. The van der Waals surface area contributed by atoms with Crippen molar-refractivity contribution in [3.05, 3.63) is 95.6 Å². The first-order valence-electron chi connectivity index (χ1n) is 8.80. The Morgan fingerprint density at radius 2 is 1.54 bits per heavy atom. The fourth-order valence-electron chi connectivity index (χ4n) is 3.10. The summed E-state index contributed by atoms with van der Waals surface area (Å²) in [7, 11) is 0. The zero-order chi connectivity index (χ0) is 19.6. The molecule has 3 aromatic rings. The summed E-state index contributed by atoms with van der Waals surface area (Å²) in [5.41, 5.74) is 4.90. The average molecular weight is 380 g/mol. The normalized spacial score (nSPS) is 17.3. The molecular formula is C22H18F2N2O2. The van der Waals surface area contributed by atoms with Crippen molar-refractivity contribution in [2.24, 2.45) is 4.99 Å². The minimum Gasteiger partial charge on any atom is -0.382 e. The molecule has 0 aromatic heterocycles. The molecule has 0 saturated heterocycles. The summed E-state index contributed by atoms with van der Waals surface area (Å²) in [5.74, 6) is -3.44. The van der Waals surface area contributed by atoms with Crippen LogP contribution < -0.4 is 5.48 Å². The van der Waals surface area contributed by atoms with E-state index in [4.69, 9.17) is 4.84 Å². The predicted octanol–water partition coefficient (Wildman–Crippen LogP) is 4.74. The van der Waals surface area contributed by atoms with E-state index >= 15 is 0 Å². The topological polar surface area (TPSA) is 53.9 Å². The highest BCUT2D eigenvalue weighted by atomic mass is 19.3. The quantitative estimate of drug-likeness (QED) is 0.672. The Labute approximate surface area is 161 Å². The number of nitrogens with zero attached hydrogens (tertiary/aromatic N) is 1. The van der Waals surface area contributed by atoms with Gasteiger partial charge in [-0.15, -0.1) is 0 Å². The number of halogens is 2. The van der Waals surface area contributed by atoms with Gasteiger partial charge in [0, 0.05) is 11.1 Å². The largest absolute Gasteiger partial charge is 0.382 e. The minimum atomic E-state index is -3.44. The molecule has 28 heavy (non-hydrogen) atoms. The molecule has 0 radical (unpaired) electrons. The molecule has 0 spiro atoms. The van der Waals surface area contributed by atoms with Crippen LogP contribution >= 0.6 is 0 Å². The highest BCUT2D eigenvalue weighted by Crippen LogP contribution is 2.41. The molecule has 2 unspecified atom stereocenters. The average Bonchev–Trinajstić information content (AvgIpc) is 3.29. The van der Waals surface area contributed by atoms with Crippen LogP contribution in [0.3, 0.4) is 0 Å². The van der Waals surface area contributed by atoms with Crippen molar-refractivity contribution in [3.8, 4) is 11.1 Å². The third kappa shape index (κ3) is 3.52. The molecule has 0 saturated carbocycles. The van der Waals surface area contributed by atoms with Crippen LogP contribution in [0.15, 0.2) is 83.9 Å². The summed E-state index contributed by atoms with van der Waals surface area (Å²) in [6.45, 7) is 0. The number of benzene rings is 3. The van der Waals surface area contributed by atoms with E-state index in [1.165, 1.54) is 42.7 Å². The van der Waals surface area contributed by atoms with Crippen LogP contribution in [-0.2, 0) is 10.8 Å². The van der Waals surface area contributed by atoms with E-state index in [1.54, 1.807) is 12.1 Å². The van der Waals surface area contributed by atoms with E-state index in [0.29, 0.717) is 5.56 Å². The fraction of sp³-hybridized carbons (Fsp3) is 0.136. The second-order valence-electron chi connectivity index (χ2n) is 6.50. The number of aliphatic imine (C=N–C) groups is 1. The van der Waals surface area contributed by atoms with Crippen molar-refractivity contribution in [1.29, 1.82) is 0 Å². The highest BCUT2D eigenvalue weighted by molar-refractivity contribution is 5.63. The van der Waals surface area contributed by atoms with E-state index in [9.17, 15) is 13.9 Å². The van der Waals surface area contributed by atoms with Crippen molar-refractivity contribution in [2.45, 2.75) is 18.3 Å². The van der Waals surface area contributed by atoms with Gasteiger partial charge in [-0.25, -0.2) is 9.83 Å². The maximum absolute atomic E-state index is 14.8. The van der Waals surface area contributed by atoms with Gasteiger partial charge in [0.2, 0.25) is 6.23 Å². The Kier molecular flexibility index (Phi) is 4.90. The Morgan fingerprint density at radius 1 is 0.893 bits per heavy atom. The lowest BCUT2D eigenvalue weighted by Gasteiger charge is -2.24. The van der Waals surface area contributed by atoms with Crippen LogP contribution in [0.2, 0.25) is 0 Å². The fourth-order valence-corrected chi connectivity index (χ4v) is 3.10. The van der Waals surface area contributed by atoms with Crippen molar-refractivity contribution < 1.29 is 18.7 Å². The van der Waals surface area contributed by atoms with Crippen LogP contribution in [0.25, 0.3) is 11.1 Å².